The zero-order valence-electron chi connectivity index (χ0n) is 14.9. The molecule has 3 saturated heterocycles. The summed E-state index contributed by atoms with van der Waals surface area (Å²) < 4.78 is 0. The van der Waals surface area contributed by atoms with Crippen LogP contribution >= 0.6 is 0 Å². The Morgan fingerprint density at radius 2 is 1.96 bits per heavy atom. The van der Waals surface area contributed by atoms with Crippen molar-refractivity contribution in [3.8, 4) is 6.07 Å². The molecule has 0 saturated carbocycles. The number of fused-ring (bicyclic) bond motifs is 3. The third kappa shape index (κ3) is 1.75. The van der Waals surface area contributed by atoms with Crippen LogP contribution in [-0.2, 0) is 9.59 Å². The lowest BCUT2D eigenvalue weighted by Crippen LogP contribution is -2.59. The largest absolute Gasteiger partial charge is 0.292 e. The first kappa shape index (κ1) is 16.4. The minimum Gasteiger partial charge on any atom is -0.292 e. The van der Waals surface area contributed by atoms with E-state index in [4.69, 9.17) is 0 Å². The molecule has 0 spiro atoms. The topological polar surface area (TPSA) is 81.5 Å². The van der Waals surface area contributed by atoms with Gasteiger partial charge in [-0.05, 0) is 12.8 Å². The van der Waals surface area contributed by atoms with Gasteiger partial charge >= 0.3 is 0 Å². The first-order valence-corrected chi connectivity index (χ1v) is 9.29. The summed E-state index contributed by atoms with van der Waals surface area (Å²) >= 11 is 0. The summed E-state index contributed by atoms with van der Waals surface area (Å²) in [5.41, 5.74) is -0.777. The Labute approximate surface area is 157 Å². The van der Waals surface area contributed by atoms with Gasteiger partial charge in [0.2, 0.25) is 11.8 Å². The second-order valence-electron chi connectivity index (χ2n) is 7.88. The molecule has 1 aromatic carbocycles. The van der Waals surface area contributed by atoms with Crippen molar-refractivity contribution in [2.75, 3.05) is 7.05 Å². The number of hydrogen-bond donors (Lipinski definition) is 0. The fraction of sp³-hybridized carbons (Fsp3) is 0.429. The van der Waals surface area contributed by atoms with E-state index in [0.717, 1.165) is 4.90 Å². The molecule has 3 fully saturated rings. The van der Waals surface area contributed by atoms with E-state index in [1.54, 1.807) is 24.3 Å². The van der Waals surface area contributed by atoms with Gasteiger partial charge in [-0.1, -0.05) is 42.5 Å². The Bertz CT molecular complexity index is 934. The number of nitrogens with zero attached hydrogens (tertiary/aromatic N) is 3. The molecule has 0 N–H and O–H groups in total. The number of ketones is 1. The number of Topliss-reactive ketones (excluding diaryl/α,β-unsaturated/α-hetero) is 1. The van der Waals surface area contributed by atoms with Crippen molar-refractivity contribution in [2.45, 2.75) is 30.5 Å². The fourth-order valence-corrected chi connectivity index (χ4v) is 5.94. The second kappa shape index (κ2) is 5.37. The Kier molecular flexibility index (Phi) is 3.26. The molecule has 0 bridgehead atoms. The maximum atomic E-state index is 13.9. The van der Waals surface area contributed by atoms with Crippen LogP contribution in [0.1, 0.15) is 23.2 Å². The molecule has 1 aromatic rings. The maximum Gasteiger partial charge on any atom is 0.235 e. The van der Waals surface area contributed by atoms with E-state index >= 15 is 0 Å². The van der Waals surface area contributed by atoms with Gasteiger partial charge in [-0.25, -0.2) is 0 Å². The first-order valence-electron chi connectivity index (χ1n) is 9.29. The van der Waals surface area contributed by atoms with Crippen molar-refractivity contribution >= 4 is 17.6 Å². The van der Waals surface area contributed by atoms with Crippen LogP contribution in [0, 0.1) is 29.1 Å². The number of amides is 2. The number of imide groups is 1. The lowest BCUT2D eigenvalue weighted by Gasteiger charge is -2.41. The monoisotopic (exact) mass is 361 g/mol. The summed E-state index contributed by atoms with van der Waals surface area (Å²) in [6.45, 7) is 0. The fourth-order valence-electron chi connectivity index (χ4n) is 5.94. The van der Waals surface area contributed by atoms with Gasteiger partial charge < -0.3 is 0 Å². The molecule has 6 nitrogen and oxygen atoms in total. The summed E-state index contributed by atoms with van der Waals surface area (Å²) in [4.78, 5) is 43.1. The summed E-state index contributed by atoms with van der Waals surface area (Å²) in [7, 11) is 1.49. The molecule has 0 unspecified atom stereocenters. The highest BCUT2D eigenvalue weighted by molar-refractivity contribution is 6.14. The van der Waals surface area contributed by atoms with Gasteiger partial charge in [-0.15, -0.1) is 0 Å². The Morgan fingerprint density at radius 3 is 2.67 bits per heavy atom. The molecule has 2 amide bonds. The number of carbonyl (C=O) groups is 3. The van der Waals surface area contributed by atoms with E-state index in [0.29, 0.717) is 18.4 Å². The Morgan fingerprint density at radius 1 is 1.22 bits per heavy atom. The van der Waals surface area contributed by atoms with Gasteiger partial charge in [0.15, 0.2) is 5.78 Å². The van der Waals surface area contributed by atoms with Crippen LogP contribution in [0.2, 0.25) is 0 Å². The zero-order chi connectivity index (χ0) is 18.9. The van der Waals surface area contributed by atoms with Crippen LogP contribution in [-0.4, -0.2) is 52.1 Å². The first-order chi connectivity index (χ1) is 13.0. The number of nitriles is 1. The standard InChI is InChI=1S/C21H19N3O3/c1-23-19(26)16-15-9-5-8-14-10-13(11-22)21(24(14)15,17(16)20(23)27)18(25)12-6-3-2-4-7-12/h2-8,13-17H,9-10H2,1H3/t13-,14-,15+,16-,17+,21-/m1/s1. The number of carbonyl (C=O) groups excluding carboxylic acids is 3. The third-order valence-electron chi connectivity index (χ3n) is 6.90. The van der Waals surface area contributed by atoms with Gasteiger partial charge in [-0.2, -0.15) is 5.26 Å². The summed E-state index contributed by atoms with van der Waals surface area (Å²) in [6.07, 6.45) is 5.19. The van der Waals surface area contributed by atoms with Crippen LogP contribution in [0.15, 0.2) is 42.5 Å². The quantitative estimate of drug-likeness (QED) is 0.452. The molecule has 0 aromatic heterocycles. The lowest BCUT2D eigenvalue weighted by atomic mass is 9.69. The van der Waals surface area contributed by atoms with Crippen LogP contribution in [0.4, 0.5) is 0 Å². The van der Waals surface area contributed by atoms with Gasteiger partial charge in [0, 0.05) is 24.7 Å². The molecule has 4 aliphatic rings. The number of rotatable bonds is 2. The molecule has 4 heterocycles. The molecule has 27 heavy (non-hydrogen) atoms. The van der Waals surface area contributed by atoms with Gasteiger partial charge in [0.25, 0.3) is 0 Å². The zero-order valence-corrected chi connectivity index (χ0v) is 14.9. The second-order valence-corrected chi connectivity index (χ2v) is 7.88. The van der Waals surface area contributed by atoms with E-state index in [-0.39, 0.29) is 29.7 Å². The van der Waals surface area contributed by atoms with Crippen LogP contribution in [0.25, 0.3) is 0 Å². The van der Waals surface area contributed by atoms with Crippen molar-refractivity contribution in [1.82, 2.24) is 9.80 Å². The Balaban J connectivity index is 1.77. The average molecular weight is 361 g/mol. The summed E-state index contributed by atoms with van der Waals surface area (Å²) in [6, 6.07) is 10.9. The van der Waals surface area contributed by atoms with Crippen molar-refractivity contribution in [2.24, 2.45) is 17.8 Å². The van der Waals surface area contributed by atoms with Gasteiger partial charge in [0.05, 0.1) is 23.8 Å². The van der Waals surface area contributed by atoms with Crippen molar-refractivity contribution in [1.29, 1.82) is 5.26 Å². The van der Waals surface area contributed by atoms with Crippen LogP contribution in [0.5, 0.6) is 0 Å². The van der Waals surface area contributed by atoms with E-state index < -0.39 is 23.3 Å². The molecule has 5 rings (SSSR count). The number of likely N-dealkylation sites (tertiary alicyclic amines) is 1. The highest BCUT2D eigenvalue weighted by Crippen LogP contribution is 2.60. The van der Waals surface area contributed by atoms with Gasteiger partial charge in [-0.3, -0.25) is 24.2 Å². The van der Waals surface area contributed by atoms with E-state index in [9.17, 15) is 19.6 Å². The molecule has 6 atom stereocenters. The number of hydrogen-bond acceptors (Lipinski definition) is 5. The normalized spacial score (nSPS) is 39.4. The maximum absolute atomic E-state index is 13.9. The van der Waals surface area contributed by atoms with Crippen LogP contribution in [0.3, 0.4) is 0 Å². The highest BCUT2D eigenvalue weighted by atomic mass is 16.2. The Hall–Kier alpha value is -2.78. The minimum atomic E-state index is -1.27. The molecular formula is C21H19N3O3. The molecule has 0 aliphatic carbocycles. The third-order valence-corrected chi connectivity index (χ3v) is 6.90. The van der Waals surface area contributed by atoms with Gasteiger partial charge in [0.1, 0.15) is 5.54 Å². The molecule has 0 radical (unpaired) electrons. The van der Waals surface area contributed by atoms with Crippen molar-refractivity contribution in [3.63, 3.8) is 0 Å². The summed E-state index contributed by atoms with van der Waals surface area (Å²) in [5.74, 6) is -2.74. The highest BCUT2D eigenvalue weighted by Gasteiger charge is 2.76. The van der Waals surface area contributed by atoms with E-state index in [1.807, 2.05) is 23.1 Å². The van der Waals surface area contributed by atoms with Crippen LogP contribution < -0.4 is 0 Å². The smallest absolute Gasteiger partial charge is 0.235 e. The number of benzene rings is 1. The van der Waals surface area contributed by atoms with Crippen molar-refractivity contribution in [3.05, 3.63) is 48.0 Å². The lowest BCUT2D eigenvalue weighted by molar-refractivity contribution is -0.140. The van der Waals surface area contributed by atoms with Crippen molar-refractivity contribution < 1.29 is 14.4 Å². The predicted molar refractivity (Wildman–Crippen MR) is 95.2 cm³/mol. The minimum absolute atomic E-state index is 0.0856. The molecule has 6 heteroatoms. The van der Waals surface area contributed by atoms with E-state index in [1.165, 1.54) is 7.05 Å². The SMILES string of the molecule is CN1C(=O)[C@H]2[C@@H](C1=O)[C@@]1(C(=O)c3ccccc3)[C@@H](C#N)C[C@H]3C=CC[C@@H]2N31. The molecule has 4 aliphatic heterocycles. The molecular weight excluding hydrogens is 342 g/mol. The summed E-state index contributed by atoms with van der Waals surface area (Å²) in [5, 5.41) is 9.97. The molecule has 136 valence electrons. The predicted octanol–water partition coefficient (Wildman–Crippen LogP) is 1.40. The average Bonchev–Trinajstić information content (AvgIpc) is 3.28. The van der Waals surface area contributed by atoms with E-state index in [2.05, 4.69) is 6.07 Å².